The number of carbonyl (C=O) groups excluding carboxylic acids is 1. The lowest BCUT2D eigenvalue weighted by atomic mass is 9.97. The molecule has 0 aromatic heterocycles. The smallest absolute Gasteiger partial charge is 0.221 e. The summed E-state index contributed by atoms with van der Waals surface area (Å²) >= 11 is 0. The molecule has 2 rings (SSSR count). The summed E-state index contributed by atoms with van der Waals surface area (Å²) in [6, 6.07) is 8.69. The average Bonchev–Trinajstić information content (AvgIpc) is 2.68. The van der Waals surface area contributed by atoms with Crippen LogP contribution in [0.25, 0.3) is 0 Å². The van der Waals surface area contributed by atoms with Gasteiger partial charge in [-0.25, -0.2) is 0 Å². The molecule has 1 aliphatic heterocycles. The Bertz CT molecular complexity index is 620. The Morgan fingerprint density at radius 3 is 2.68 bits per heavy atom. The van der Waals surface area contributed by atoms with E-state index < -0.39 is 0 Å². The normalized spacial score (nSPS) is 18.8. The Hall–Kier alpha value is -1.35. The molecule has 7 heteroatoms. The fourth-order valence-corrected chi connectivity index (χ4v) is 3.48. The number of benzene rings is 1. The molecule has 1 aromatic carbocycles. The minimum atomic E-state index is -0.162. The van der Waals surface area contributed by atoms with Gasteiger partial charge in [-0.2, -0.15) is 0 Å². The minimum Gasteiger partial charge on any atom is -0.369 e. The zero-order valence-electron chi connectivity index (χ0n) is 17.4. The number of rotatable bonds is 8. The number of guanidine groups is 1. The fraction of sp³-hybridized carbons (Fsp3) is 0.619. The summed E-state index contributed by atoms with van der Waals surface area (Å²) in [7, 11) is 1.80. The van der Waals surface area contributed by atoms with Crippen molar-refractivity contribution < 1.29 is 4.79 Å². The summed E-state index contributed by atoms with van der Waals surface area (Å²) in [5.74, 6) is 1.11. The Morgan fingerprint density at radius 1 is 1.32 bits per heavy atom. The van der Waals surface area contributed by atoms with Gasteiger partial charge in [0.2, 0.25) is 5.91 Å². The highest BCUT2D eigenvalue weighted by Crippen LogP contribution is 2.16. The Kier molecular flexibility index (Phi) is 11.4. The average molecular weight is 501 g/mol. The van der Waals surface area contributed by atoms with E-state index in [2.05, 4.69) is 58.6 Å². The van der Waals surface area contributed by atoms with Gasteiger partial charge >= 0.3 is 0 Å². The maximum atomic E-state index is 11.4. The molecule has 1 aromatic rings. The van der Waals surface area contributed by atoms with Crippen LogP contribution in [0.5, 0.6) is 0 Å². The number of piperidine rings is 1. The number of nitrogens with zero attached hydrogens (tertiary/aromatic N) is 2. The van der Waals surface area contributed by atoms with E-state index in [1.807, 2.05) is 0 Å². The molecule has 0 aliphatic carbocycles. The summed E-state index contributed by atoms with van der Waals surface area (Å²) in [6.45, 7) is 8.87. The monoisotopic (exact) mass is 501 g/mol. The molecule has 28 heavy (non-hydrogen) atoms. The van der Waals surface area contributed by atoms with E-state index >= 15 is 0 Å². The van der Waals surface area contributed by atoms with Gasteiger partial charge in [0.05, 0.1) is 5.92 Å². The lowest BCUT2D eigenvalue weighted by Gasteiger charge is -2.31. The predicted molar refractivity (Wildman–Crippen MR) is 127 cm³/mol. The summed E-state index contributed by atoms with van der Waals surface area (Å²) in [5, 5.41) is 6.79. The third-order valence-electron chi connectivity index (χ3n) is 5.30. The molecule has 1 heterocycles. The second-order valence-electron chi connectivity index (χ2n) is 7.59. The molecule has 2 unspecified atom stereocenters. The zero-order valence-corrected chi connectivity index (χ0v) is 19.7. The van der Waals surface area contributed by atoms with E-state index in [1.165, 1.54) is 11.1 Å². The van der Waals surface area contributed by atoms with Crippen LogP contribution in [0.3, 0.4) is 0 Å². The number of aliphatic imine (C=N–C) groups is 1. The fourth-order valence-electron chi connectivity index (χ4n) is 3.48. The van der Waals surface area contributed by atoms with Gasteiger partial charge < -0.3 is 21.3 Å². The molecule has 6 nitrogen and oxygen atoms in total. The maximum absolute atomic E-state index is 11.4. The van der Waals surface area contributed by atoms with Crippen molar-refractivity contribution in [2.45, 2.75) is 39.0 Å². The van der Waals surface area contributed by atoms with Gasteiger partial charge in [0.1, 0.15) is 0 Å². The van der Waals surface area contributed by atoms with Crippen LogP contribution in [0.4, 0.5) is 0 Å². The third kappa shape index (κ3) is 8.34. The zero-order chi connectivity index (χ0) is 19.6. The maximum Gasteiger partial charge on any atom is 0.221 e. The van der Waals surface area contributed by atoms with Crippen LogP contribution >= 0.6 is 24.0 Å². The standard InChI is InChI=1S/C21H35N5O.HI/c1-16-7-9-18(10-8-16)17(2)14-25-21(23-3)24-11-5-13-26-12-4-6-19(15-26)20(22)27;/h7-10,17,19H,4-6,11-15H2,1-3H3,(H2,22,27)(H2,23,24,25);1H. The summed E-state index contributed by atoms with van der Waals surface area (Å²) in [5.41, 5.74) is 8.06. The molecule has 0 bridgehead atoms. The van der Waals surface area contributed by atoms with Gasteiger partial charge in [-0.3, -0.25) is 9.79 Å². The number of nitrogens with two attached hydrogens (primary N) is 1. The minimum absolute atomic E-state index is 0. The molecule has 158 valence electrons. The van der Waals surface area contributed by atoms with Gasteiger partial charge in [-0.05, 0) is 50.8 Å². The second kappa shape index (κ2) is 13.0. The molecule has 2 atom stereocenters. The highest BCUT2D eigenvalue weighted by atomic mass is 127. The van der Waals surface area contributed by atoms with Crippen LogP contribution in [0.2, 0.25) is 0 Å². The van der Waals surface area contributed by atoms with Crippen LogP contribution in [-0.4, -0.2) is 56.5 Å². The number of primary amides is 1. The third-order valence-corrected chi connectivity index (χ3v) is 5.30. The van der Waals surface area contributed by atoms with Gasteiger partial charge in [0.15, 0.2) is 5.96 Å². The predicted octanol–water partition coefficient (Wildman–Crippen LogP) is 2.47. The SMILES string of the molecule is CN=C(NCCCN1CCCC(C(N)=O)C1)NCC(C)c1ccc(C)cc1.I. The highest BCUT2D eigenvalue weighted by molar-refractivity contribution is 14.0. The molecular weight excluding hydrogens is 465 g/mol. The van der Waals surface area contributed by atoms with Crippen molar-refractivity contribution in [2.24, 2.45) is 16.6 Å². The van der Waals surface area contributed by atoms with Crippen molar-refractivity contribution in [1.29, 1.82) is 0 Å². The van der Waals surface area contributed by atoms with Gasteiger partial charge in [-0.15, -0.1) is 24.0 Å². The quantitative estimate of drug-likeness (QED) is 0.221. The number of hydrogen-bond acceptors (Lipinski definition) is 3. The molecule has 1 fully saturated rings. The molecule has 1 aliphatic rings. The van der Waals surface area contributed by atoms with Crippen LogP contribution in [0.15, 0.2) is 29.3 Å². The molecular formula is C21H36IN5O. The highest BCUT2D eigenvalue weighted by Gasteiger charge is 2.23. The summed E-state index contributed by atoms with van der Waals surface area (Å²) < 4.78 is 0. The van der Waals surface area contributed by atoms with Crippen LogP contribution in [0, 0.1) is 12.8 Å². The first-order valence-electron chi connectivity index (χ1n) is 10.0. The first-order chi connectivity index (χ1) is 13.0. The lowest BCUT2D eigenvalue weighted by Crippen LogP contribution is -2.43. The van der Waals surface area contributed by atoms with E-state index in [1.54, 1.807) is 7.05 Å². The number of amides is 1. The number of nitrogens with one attached hydrogen (secondary N) is 2. The molecule has 1 amide bonds. The van der Waals surface area contributed by atoms with Crippen molar-refractivity contribution in [1.82, 2.24) is 15.5 Å². The first kappa shape index (κ1) is 24.7. The van der Waals surface area contributed by atoms with E-state index in [-0.39, 0.29) is 35.8 Å². The number of likely N-dealkylation sites (tertiary alicyclic amines) is 1. The van der Waals surface area contributed by atoms with Crippen LogP contribution < -0.4 is 16.4 Å². The second-order valence-corrected chi connectivity index (χ2v) is 7.59. The van der Waals surface area contributed by atoms with Crippen LogP contribution in [-0.2, 0) is 4.79 Å². The number of carbonyl (C=O) groups is 1. The van der Waals surface area contributed by atoms with E-state index in [4.69, 9.17) is 5.73 Å². The van der Waals surface area contributed by atoms with Crippen LogP contribution in [0.1, 0.15) is 43.2 Å². The number of halogens is 1. The Balaban J connectivity index is 0.00000392. The number of hydrogen-bond donors (Lipinski definition) is 3. The van der Waals surface area contributed by atoms with Crippen molar-refractivity contribution in [2.75, 3.05) is 39.8 Å². The molecule has 0 spiro atoms. The van der Waals surface area contributed by atoms with Gasteiger partial charge in [0, 0.05) is 26.7 Å². The van der Waals surface area contributed by atoms with E-state index in [9.17, 15) is 4.79 Å². The molecule has 1 saturated heterocycles. The molecule has 4 N–H and O–H groups in total. The van der Waals surface area contributed by atoms with E-state index in [0.717, 1.165) is 57.9 Å². The van der Waals surface area contributed by atoms with Gasteiger partial charge in [0.25, 0.3) is 0 Å². The largest absolute Gasteiger partial charge is 0.369 e. The van der Waals surface area contributed by atoms with Crippen molar-refractivity contribution in [3.63, 3.8) is 0 Å². The summed E-state index contributed by atoms with van der Waals surface area (Å²) in [6.07, 6.45) is 3.00. The Morgan fingerprint density at radius 2 is 2.04 bits per heavy atom. The summed E-state index contributed by atoms with van der Waals surface area (Å²) in [4.78, 5) is 18.0. The number of aryl methyl sites for hydroxylation is 1. The molecule has 0 saturated carbocycles. The molecule has 0 radical (unpaired) electrons. The van der Waals surface area contributed by atoms with Gasteiger partial charge in [-0.1, -0.05) is 36.8 Å². The lowest BCUT2D eigenvalue weighted by molar-refractivity contribution is -0.123. The Labute approximate surface area is 186 Å². The first-order valence-corrected chi connectivity index (χ1v) is 10.0. The van der Waals surface area contributed by atoms with Crippen molar-refractivity contribution in [3.05, 3.63) is 35.4 Å². The van der Waals surface area contributed by atoms with E-state index in [0.29, 0.717) is 5.92 Å². The van der Waals surface area contributed by atoms with Crippen molar-refractivity contribution >= 4 is 35.8 Å². The topological polar surface area (TPSA) is 82.8 Å². The van der Waals surface area contributed by atoms with Crippen molar-refractivity contribution in [3.8, 4) is 0 Å².